The average molecular weight is 480 g/mol. The molecule has 0 radical (unpaired) electrons. The molecule has 3 heterocycles. The lowest BCUT2D eigenvalue weighted by Crippen LogP contribution is -2.38. The van der Waals surface area contributed by atoms with Gasteiger partial charge >= 0.3 is 19.0 Å². The molecule has 0 amide bonds. The first kappa shape index (κ1) is 26.3. The van der Waals surface area contributed by atoms with E-state index >= 15 is 0 Å². The van der Waals surface area contributed by atoms with E-state index in [0.717, 1.165) is 42.9 Å². The molecule has 35 heavy (non-hydrogen) atoms. The first-order valence-corrected chi connectivity index (χ1v) is 12.0. The number of ketones is 1. The third-order valence-corrected chi connectivity index (χ3v) is 6.09. The lowest BCUT2D eigenvalue weighted by molar-refractivity contribution is -0.141. The maximum Gasteiger partial charge on any atom is 0.410 e. The van der Waals surface area contributed by atoms with Gasteiger partial charge in [-0.1, -0.05) is 12.1 Å². The van der Waals surface area contributed by atoms with Gasteiger partial charge in [-0.3, -0.25) is 9.59 Å². The summed E-state index contributed by atoms with van der Waals surface area (Å²) in [5.74, 6) is -0.0151. The van der Waals surface area contributed by atoms with Crippen molar-refractivity contribution in [3.05, 3.63) is 53.5 Å². The van der Waals surface area contributed by atoms with Gasteiger partial charge < -0.3 is 19.3 Å². The van der Waals surface area contributed by atoms with Crippen LogP contribution in [0.2, 0.25) is 6.82 Å². The third kappa shape index (κ3) is 7.61. The van der Waals surface area contributed by atoms with Gasteiger partial charge in [-0.2, -0.15) is 0 Å². The molecular formula is C25H33BN4O5. The summed E-state index contributed by atoms with van der Waals surface area (Å²) >= 11 is 0. The van der Waals surface area contributed by atoms with E-state index < -0.39 is 13.0 Å². The van der Waals surface area contributed by atoms with Crippen molar-refractivity contribution in [3.8, 4) is 6.01 Å². The zero-order chi connectivity index (χ0) is 25.2. The van der Waals surface area contributed by atoms with Crippen LogP contribution in [0.1, 0.15) is 54.8 Å². The molecular weight excluding hydrogens is 447 g/mol. The van der Waals surface area contributed by atoms with Gasteiger partial charge in [-0.25, -0.2) is 15.0 Å². The Labute approximate surface area is 206 Å². The molecule has 0 saturated carbocycles. The number of carbonyl (C=O) groups excluding carboxylic acids is 2. The van der Waals surface area contributed by atoms with Gasteiger partial charge in [-0.15, -0.1) is 0 Å². The summed E-state index contributed by atoms with van der Waals surface area (Å²) in [6.07, 6.45) is 11.1. The Kier molecular flexibility index (Phi) is 9.78. The summed E-state index contributed by atoms with van der Waals surface area (Å²) in [5.41, 5.74) is 2.76. The molecule has 1 N–H and O–H groups in total. The first-order chi connectivity index (χ1) is 16.9. The second kappa shape index (κ2) is 13.0. The van der Waals surface area contributed by atoms with E-state index in [1.807, 2.05) is 17.0 Å². The molecule has 0 saturated heterocycles. The molecule has 1 aliphatic heterocycles. The van der Waals surface area contributed by atoms with Crippen molar-refractivity contribution in [2.75, 3.05) is 25.6 Å². The lowest BCUT2D eigenvalue weighted by Gasteiger charge is -2.25. The molecule has 1 aliphatic rings. The number of fused-ring (bicyclic) bond motifs is 1. The molecule has 0 spiro atoms. The minimum absolute atomic E-state index is 0.0601. The predicted octanol–water partition coefficient (Wildman–Crippen LogP) is 2.93. The van der Waals surface area contributed by atoms with Crippen molar-refractivity contribution in [2.24, 2.45) is 0 Å². The van der Waals surface area contributed by atoms with Crippen LogP contribution >= 0.6 is 0 Å². The fourth-order valence-electron chi connectivity index (χ4n) is 4.16. The summed E-state index contributed by atoms with van der Waals surface area (Å²) < 4.78 is 9.76. The van der Waals surface area contributed by atoms with Gasteiger partial charge in [0, 0.05) is 37.0 Å². The van der Waals surface area contributed by atoms with Crippen LogP contribution < -0.4 is 9.55 Å². The molecule has 2 aromatic heterocycles. The minimum Gasteiger partial charge on any atom is -0.469 e. The fraction of sp³-hybridized carbons (Fsp3) is 0.480. The smallest absolute Gasteiger partial charge is 0.410 e. The Hall–Kier alpha value is -3.27. The second-order valence-corrected chi connectivity index (χ2v) is 8.66. The van der Waals surface area contributed by atoms with E-state index in [4.69, 9.17) is 14.5 Å². The number of aryl methyl sites for hydroxylation is 2. The number of hydrogen-bond acceptors (Lipinski definition) is 9. The first-order valence-electron chi connectivity index (χ1n) is 12.0. The molecule has 1 atom stereocenters. The van der Waals surface area contributed by atoms with Gasteiger partial charge in [0.2, 0.25) is 0 Å². The van der Waals surface area contributed by atoms with Crippen LogP contribution in [-0.2, 0) is 27.2 Å². The van der Waals surface area contributed by atoms with E-state index in [1.54, 1.807) is 25.3 Å². The highest BCUT2D eigenvalue weighted by Gasteiger charge is 2.23. The van der Waals surface area contributed by atoms with Crippen molar-refractivity contribution in [1.82, 2.24) is 15.0 Å². The van der Waals surface area contributed by atoms with Crippen LogP contribution in [0.3, 0.4) is 0 Å². The summed E-state index contributed by atoms with van der Waals surface area (Å²) in [6.45, 7) is 2.56. The number of ether oxygens (including phenoxy) is 2. The van der Waals surface area contributed by atoms with Gasteiger partial charge in [0.05, 0.1) is 20.6 Å². The predicted molar refractivity (Wildman–Crippen MR) is 133 cm³/mol. The Morgan fingerprint density at radius 1 is 1.20 bits per heavy atom. The maximum absolute atomic E-state index is 12.6. The van der Waals surface area contributed by atoms with Crippen LogP contribution in [0.4, 0.5) is 5.82 Å². The van der Waals surface area contributed by atoms with E-state index in [1.165, 1.54) is 14.2 Å². The van der Waals surface area contributed by atoms with Gasteiger partial charge in [0.15, 0.2) is 5.78 Å². The zero-order valence-corrected chi connectivity index (χ0v) is 20.6. The number of carbonyl (C=O) groups is 2. The number of hydrogen-bond donors (Lipinski definition) is 1. The Morgan fingerprint density at radius 3 is 2.66 bits per heavy atom. The van der Waals surface area contributed by atoms with E-state index in [2.05, 4.69) is 16.0 Å². The van der Waals surface area contributed by atoms with Crippen LogP contribution in [0, 0.1) is 0 Å². The molecule has 0 bridgehead atoms. The number of anilines is 1. The molecule has 186 valence electrons. The van der Waals surface area contributed by atoms with Crippen LogP contribution in [-0.4, -0.2) is 59.5 Å². The van der Waals surface area contributed by atoms with Crippen LogP contribution in [0.15, 0.2) is 36.7 Å². The van der Waals surface area contributed by atoms with Gasteiger partial charge in [-0.05, 0) is 62.2 Å². The lowest BCUT2D eigenvalue weighted by atomic mass is 9.84. The number of nitrogens with zero attached hydrogens (tertiary/aromatic N) is 4. The van der Waals surface area contributed by atoms with Crippen molar-refractivity contribution < 1.29 is 24.1 Å². The molecule has 10 heteroatoms. The number of esters is 1. The zero-order valence-electron chi connectivity index (χ0n) is 20.6. The third-order valence-electron chi connectivity index (χ3n) is 6.09. The van der Waals surface area contributed by atoms with Crippen molar-refractivity contribution in [2.45, 2.75) is 57.7 Å². The summed E-state index contributed by atoms with van der Waals surface area (Å²) in [6, 6.07) is 4.34. The van der Waals surface area contributed by atoms with Crippen molar-refractivity contribution in [3.63, 3.8) is 0 Å². The second-order valence-electron chi connectivity index (χ2n) is 8.66. The number of methoxy groups -OCH3 is 2. The van der Waals surface area contributed by atoms with Crippen LogP contribution in [0.5, 0.6) is 6.01 Å². The van der Waals surface area contributed by atoms with E-state index in [9.17, 15) is 14.6 Å². The largest absolute Gasteiger partial charge is 0.469 e. The fourth-order valence-corrected chi connectivity index (χ4v) is 4.16. The molecule has 3 rings (SSSR count). The van der Waals surface area contributed by atoms with Crippen LogP contribution in [0.25, 0.3) is 0 Å². The number of pyridine rings is 1. The summed E-state index contributed by atoms with van der Waals surface area (Å²) in [7, 11) is 2.21. The highest BCUT2D eigenvalue weighted by molar-refractivity contribution is 6.53. The normalized spacial score (nSPS) is 14.2. The van der Waals surface area contributed by atoms with Crippen molar-refractivity contribution in [1.29, 1.82) is 0 Å². The molecule has 9 nitrogen and oxygen atoms in total. The summed E-state index contributed by atoms with van der Waals surface area (Å²) in [4.78, 5) is 39.4. The molecule has 0 aromatic carbocycles. The highest BCUT2D eigenvalue weighted by Crippen LogP contribution is 2.26. The Morgan fingerprint density at radius 2 is 1.97 bits per heavy atom. The standard InChI is InChI=1S/C25H33BN4O5/c1-26(33)30-13-7-6-8-18-11-12-21(29-24(18)30)9-4-5-10-22(31)14-19(15-23(32)34-2)20-16-27-25(35-3)28-17-20/h5,10-12,16-17,19,33H,4,6-9,13-15H2,1-3H3/b10-5+/t19-/m0/s1. The topological polar surface area (TPSA) is 115 Å². The quantitative estimate of drug-likeness (QED) is 0.295. The van der Waals surface area contributed by atoms with E-state index in [0.29, 0.717) is 18.4 Å². The SMILES string of the molecule is COC(=O)C[C@H](CC(=O)/C=C/CCc1ccc2c(n1)N(B(C)O)CCCC2)c1cnc(OC)nc1. The minimum atomic E-state index is -0.582. The summed E-state index contributed by atoms with van der Waals surface area (Å²) in [5, 5.41) is 10.2. The highest BCUT2D eigenvalue weighted by atomic mass is 16.5. The Balaban J connectivity index is 1.60. The molecule has 0 aliphatic carbocycles. The van der Waals surface area contributed by atoms with E-state index in [-0.39, 0.29) is 30.6 Å². The number of rotatable bonds is 11. The number of aromatic nitrogens is 3. The Bertz CT molecular complexity index is 1030. The van der Waals surface area contributed by atoms with Crippen molar-refractivity contribution >= 4 is 24.6 Å². The average Bonchev–Trinajstić information content (AvgIpc) is 3.08. The maximum atomic E-state index is 12.6. The van der Waals surface area contributed by atoms with Gasteiger partial charge in [0.1, 0.15) is 5.82 Å². The monoisotopic (exact) mass is 480 g/mol. The van der Waals surface area contributed by atoms with Gasteiger partial charge in [0.25, 0.3) is 0 Å². The molecule has 0 fully saturated rings. The molecule has 2 aromatic rings. The molecule has 0 unspecified atom stereocenters. The number of allylic oxidation sites excluding steroid dienone is 2.